The third kappa shape index (κ3) is 8.81. The number of hydrogen-bond acceptors (Lipinski definition) is 6. The molecule has 7 nitrogen and oxygen atoms in total. The molecule has 0 saturated heterocycles. The predicted molar refractivity (Wildman–Crippen MR) is 184 cm³/mol. The zero-order valence-electron chi connectivity index (χ0n) is 29.1. The molecule has 4 atom stereocenters. The summed E-state index contributed by atoms with van der Waals surface area (Å²) >= 11 is 0. The average Bonchev–Trinajstić information content (AvgIpc) is 3.45. The van der Waals surface area contributed by atoms with Crippen LogP contribution in [0.15, 0.2) is 70.8 Å². The lowest BCUT2D eigenvalue weighted by Crippen LogP contribution is -2.59. The van der Waals surface area contributed by atoms with Gasteiger partial charge in [0.1, 0.15) is 5.69 Å². The van der Waals surface area contributed by atoms with Crippen LogP contribution < -0.4 is 0 Å². The first kappa shape index (κ1) is 34.8. The highest BCUT2D eigenvalue weighted by atomic mass is 16.6. The second-order valence-electron chi connectivity index (χ2n) is 14.9. The molecule has 0 aromatic carbocycles. The van der Waals surface area contributed by atoms with Crippen LogP contribution in [0.25, 0.3) is 5.69 Å². The third-order valence-electron chi connectivity index (χ3n) is 10.7. The molecular formula is C38H57N5O2. The van der Waals surface area contributed by atoms with Gasteiger partial charge in [-0.2, -0.15) is 0 Å². The molecule has 45 heavy (non-hydrogen) atoms. The molecule has 2 aliphatic carbocycles. The minimum Gasteiger partial charge on any atom is -0.390 e. The lowest BCUT2D eigenvalue weighted by Gasteiger charge is -2.61. The van der Waals surface area contributed by atoms with Crippen molar-refractivity contribution in [3.8, 4) is 5.69 Å². The number of oxime groups is 1. The quantitative estimate of drug-likeness (QED) is 0.179. The van der Waals surface area contributed by atoms with Crippen molar-refractivity contribution in [1.29, 1.82) is 0 Å². The Balaban J connectivity index is 1.34. The molecule has 7 heteroatoms. The predicted octanol–water partition coefficient (Wildman–Crippen LogP) is 9.34. The highest BCUT2D eigenvalue weighted by molar-refractivity contribution is 5.90. The van der Waals surface area contributed by atoms with E-state index in [0.717, 1.165) is 81.3 Å². The summed E-state index contributed by atoms with van der Waals surface area (Å²) in [5.74, 6) is 0.679. The van der Waals surface area contributed by atoms with Crippen LogP contribution in [0.3, 0.4) is 0 Å². The maximum atomic E-state index is 11.7. The molecule has 2 aromatic heterocycles. The number of allylic oxidation sites excluding steroid dienone is 6. The normalized spacial score (nSPS) is 27.7. The second kappa shape index (κ2) is 15.0. The Bertz CT molecular complexity index is 1380. The van der Waals surface area contributed by atoms with Crippen molar-refractivity contribution < 1.29 is 9.94 Å². The van der Waals surface area contributed by atoms with Crippen LogP contribution in [-0.2, 0) is 11.4 Å². The Morgan fingerprint density at radius 2 is 1.64 bits per heavy atom. The molecule has 2 aliphatic rings. The average molecular weight is 616 g/mol. The van der Waals surface area contributed by atoms with Crippen molar-refractivity contribution in [2.24, 2.45) is 27.8 Å². The fourth-order valence-electron chi connectivity index (χ4n) is 8.14. The van der Waals surface area contributed by atoms with Crippen molar-refractivity contribution in [2.45, 2.75) is 132 Å². The Morgan fingerprint density at radius 3 is 2.33 bits per heavy atom. The van der Waals surface area contributed by atoms with Crippen molar-refractivity contribution in [3.05, 3.63) is 71.4 Å². The highest BCUT2D eigenvalue weighted by Gasteiger charge is 2.59. The molecule has 2 heterocycles. The molecule has 0 unspecified atom stereocenters. The number of pyridine rings is 1. The van der Waals surface area contributed by atoms with E-state index in [0.29, 0.717) is 5.92 Å². The summed E-state index contributed by atoms with van der Waals surface area (Å²) < 4.78 is 1.72. The van der Waals surface area contributed by atoms with Crippen molar-refractivity contribution in [1.82, 2.24) is 20.0 Å². The first-order chi connectivity index (χ1) is 21.3. The minimum absolute atomic E-state index is 0.0460. The van der Waals surface area contributed by atoms with Gasteiger partial charge >= 0.3 is 0 Å². The first-order valence-corrected chi connectivity index (χ1v) is 17.0. The van der Waals surface area contributed by atoms with Crippen LogP contribution in [0.1, 0.15) is 125 Å². The van der Waals surface area contributed by atoms with Gasteiger partial charge in [-0.25, -0.2) is 4.68 Å². The zero-order chi connectivity index (χ0) is 32.7. The van der Waals surface area contributed by atoms with Gasteiger partial charge < -0.3 is 9.94 Å². The van der Waals surface area contributed by atoms with E-state index in [1.54, 1.807) is 17.1 Å². The Morgan fingerprint density at radius 1 is 0.978 bits per heavy atom. The molecule has 0 aliphatic heterocycles. The summed E-state index contributed by atoms with van der Waals surface area (Å²) in [4.78, 5) is 9.95. The summed E-state index contributed by atoms with van der Waals surface area (Å²) in [6.07, 6.45) is 22.7. The van der Waals surface area contributed by atoms with E-state index < -0.39 is 5.60 Å². The van der Waals surface area contributed by atoms with Crippen molar-refractivity contribution in [2.75, 3.05) is 0 Å². The number of rotatable bonds is 13. The second-order valence-corrected chi connectivity index (χ2v) is 14.9. The standard InChI is InChI=1S/C38H57N5O2/c1-28(2)12-9-13-29(3)14-10-15-30(4)16-11-17-34-37(7)22-19-35(36(5,6)33(37)18-23-38(34,8)44)41-45-27-31-26-43(42-40-31)32-20-24-39-25-21-32/h12,14,16,20-21,24-26,33-34,44H,9-11,13,15,17-19,22-23,27H2,1-8H3/b29-14+,30-16+,41-35+/t33-,34+,37-,38+/m0/s1. The van der Waals surface area contributed by atoms with Gasteiger partial charge in [0.2, 0.25) is 0 Å². The van der Waals surface area contributed by atoms with E-state index >= 15 is 0 Å². The monoisotopic (exact) mass is 615 g/mol. The molecule has 2 fully saturated rings. The van der Waals surface area contributed by atoms with Gasteiger partial charge in [-0.3, -0.25) is 4.98 Å². The van der Waals surface area contributed by atoms with Crippen molar-refractivity contribution >= 4 is 5.71 Å². The van der Waals surface area contributed by atoms with Gasteiger partial charge in [0, 0.05) is 17.8 Å². The largest absolute Gasteiger partial charge is 0.390 e. The molecule has 0 amide bonds. The molecule has 1 N–H and O–H groups in total. The summed E-state index contributed by atoms with van der Waals surface area (Å²) in [6, 6.07) is 3.78. The third-order valence-corrected chi connectivity index (χ3v) is 10.7. The number of fused-ring (bicyclic) bond motifs is 1. The lowest BCUT2D eigenvalue weighted by atomic mass is 9.44. The van der Waals surface area contributed by atoms with Crippen LogP contribution in [0.4, 0.5) is 0 Å². The van der Waals surface area contributed by atoms with Gasteiger partial charge in [0.15, 0.2) is 6.61 Å². The Hall–Kier alpha value is -3.06. The van der Waals surface area contributed by atoms with E-state index in [1.807, 2.05) is 18.3 Å². The molecule has 0 spiro atoms. The highest BCUT2D eigenvalue weighted by Crippen LogP contribution is 2.62. The molecule has 4 rings (SSSR count). The van der Waals surface area contributed by atoms with Crippen LogP contribution in [-0.4, -0.2) is 36.4 Å². The first-order valence-electron chi connectivity index (χ1n) is 17.0. The SMILES string of the molecule is CC(C)=CCC/C(C)=C/CC/C(C)=C/CC[C@@H]1[C@@]2(C)CC/C(=N\OCc3cn(-c4ccncc4)nn3)C(C)(C)[C@@H]2CC[C@@]1(C)O. The maximum absolute atomic E-state index is 11.7. The van der Waals surface area contributed by atoms with Gasteiger partial charge in [-0.05, 0) is 128 Å². The van der Waals surface area contributed by atoms with E-state index in [-0.39, 0.29) is 23.4 Å². The molecule has 2 saturated carbocycles. The van der Waals surface area contributed by atoms with Crippen LogP contribution >= 0.6 is 0 Å². The van der Waals surface area contributed by atoms with E-state index in [1.165, 1.54) is 16.7 Å². The maximum Gasteiger partial charge on any atom is 0.162 e. The minimum atomic E-state index is -0.653. The molecular weight excluding hydrogens is 558 g/mol. The zero-order valence-corrected chi connectivity index (χ0v) is 29.1. The number of nitrogens with zero attached hydrogens (tertiary/aromatic N) is 5. The molecule has 0 bridgehead atoms. The Labute approximate surface area is 271 Å². The van der Waals surface area contributed by atoms with Crippen LogP contribution in [0.2, 0.25) is 0 Å². The van der Waals surface area contributed by atoms with E-state index in [9.17, 15) is 5.11 Å². The number of aliphatic hydroxyl groups is 1. The fourth-order valence-corrected chi connectivity index (χ4v) is 8.14. The van der Waals surface area contributed by atoms with Gasteiger partial charge in [0.25, 0.3) is 0 Å². The number of aromatic nitrogens is 4. The van der Waals surface area contributed by atoms with E-state index in [4.69, 9.17) is 9.99 Å². The molecule has 0 radical (unpaired) electrons. The van der Waals surface area contributed by atoms with Gasteiger partial charge in [0.05, 0.1) is 23.2 Å². The van der Waals surface area contributed by atoms with Crippen LogP contribution in [0, 0.1) is 22.7 Å². The summed E-state index contributed by atoms with van der Waals surface area (Å²) in [6.45, 7) is 18.3. The fraction of sp³-hybridized carbons (Fsp3) is 0.632. The topological polar surface area (TPSA) is 85.4 Å². The summed E-state index contributed by atoms with van der Waals surface area (Å²) in [7, 11) is 0. The van der Waals surface area contributed by atoms with Gasteiger partial charge in [-0.15, -0.1) is 5.10 Å². The summed E-state index contributed by atoms with van der Waals surface area (Å²) in [5, 5.41) is 24.9. The molecule has 246 valence electrons. The van der Waals surface area contributed by atoms with Gasteiger partial charge in [-0.1, -0.05) is 66.1 Å². The molecule has 2 aromatic rings. The summed E-state index contributed by atoms with van der Waals surface area (Å²) in [5.41, 5.74) is 6.38. The smallest absolute Gasteiger partial charge is 0.162 e. The Kier molecular flexibility index (Phi) is 11.6. The number of hydrogen-bond donors (Lipinski definition) is 1. The van der Waals surface area contributed by atoms with Crippen LogP contribution in [0.5, 0.6) is 0 Å². The van der Waals surface area contributed by atoms with Crippen molar-refractivity contribution in [3.63, 3.8) is 0 Å². The lowest BCUT2D eigenvalue weighted by molar-refractivity contribution is -0.150. The van der Waals surface area contributed by atoms with E-state index in [2.05, 4.69) is 88.9 Å².